The van der Waals surface area contributed by atoms with E-state index in [1.54, 1.807) is 7.11 Å². The molecular formula is C17H38N4O. The van der Waals surface area contributed by atoms with E-state index >= 15 is 0 Å². The molecule has 0 amide bonds. The van der Waals surface area contributed by atoms with Crippen molar-refractivity contribution in [1.82, 2.24) is 15.5 Å². The summed E-state index contributed by atoms with van der Waals surface area (Å²) < 4.78 is 5.08. The first-order valence-electron chi connectivity index (χ1n) is 8.43. The topological polar surface area (TPSA) is 48.9 Å². The number of methoxy groups -OCH3 is 1. The third-order valence-corrected chi connectivity index (χ3v) is 3.62. The van der Waals surface area contributed by atoms with Gasteiger partial charge in [-0.05, 0) is 45.2 Å². The van der Waals surface area contributed by atoms with Gasteiger partial charge in [-0.25, -0.2) is 0 Å². The van der Waals surface area contributed by atoms with Crippen LogP contribution in [0.3, 0.4) is 0 Å². The van der Waals surface area contributed by atoms with Crippen LogP contribution in [0.25, 0.3) is 0 Å². The Kier molecular flexibility index (Phi) is 11.3. The number of rotatable bonds is 10. The fourth-order valence-corrected chi connectivity index (χ4v) is 2.06. The molecule has 0 aromatic rings. The Bertz CT molecular complexity index is 300. The second-order valence-corrected chi connectivity index (χ2v) is 7.29. The maximum Gasteiger partial charge on any atom is 0.191 e. The van der Waals surface area contributed by atoms with Gasteiger partial charge in [-0.1, -0.05) is 20.8 Å². The van der Waals surface area contributed by atoms with Crippen molar-refractivity contribution >= 4 is 5.96 Å². The monoisotopic (exact) mass is 314 g/mol. The Morgan fingerprint density at radius 1 is 1.27 bits per heavy atom. The molecule has 0 saturated carbocycles. The zero-order valence-electron chi connectivity index (χ0n) is 15.8. The molecule has 0 spiro atoms. The van der Waals surface area contributed by atoms with E-state index in [1.807, 2.05) is 7.05 Å². The Morgan fingerprint density at radius 3 is 2.50 bits per heavy atom. The molecule has 0 heterocycles. The van der Waals surface area contributed by atoms with Crippen molar-refractivity contribution < 1.29 is 4.74 Å². The van der Waals surface area contributed by atoms with Crippen LogP contribution in [-0.4, -0.2) is 64.3 Å². The highest BCUT2D eigenvalue weighted by molar-refractivity contribution is 5.79. The predicted octanol–water partition coefficient (Wildman–Crippen LogP) is 2.33. The maximum atomic E-state index is 5.08. The van der Waals surface area contributed by atoms with Crippen molar-refractivity contribution in [2.24, 2.45) is 10.4 Å². The second-order valence-electron chi connectivity index (χ2n) is 7.29. The summed E-state index contributed by atoms with van der Waals surface area (Å²) in [6.07, 6.45) is 3.46. The van der Waals surface area contributed by atoms with Gasteiger partial charge in [0.2, 0.25) is 0 Å². The summed E-state index contributed by atoms with van der Waals surface area (Å²) in [7, 11) is 5.70. The van der Waals surface area contributed by atoms with Crippen LogP contribution in [0, 0.1) is 5.41 Å². The number of nitrogens with one attached hydrogen (secondary N) is 2. The Hall–Kier alpha value is -0.810. The number of guanidine groups is 1. The first-order chi connectivity index (χ1) is 10.3. The Labute approximate surface area is 137 Å². The smallest absolute Gasteiger partial charge is 0.191 e. The van der Waals surface area contributed by atoms with Gasteiger partial charge in [0.15, 0.2) is 5.96 Å². The van der Waals surface area contributed by atoms with E-state index in [4.69, 9.17) is 4.74 Å². The number of nitrogens with zero attached hydrogens (tertiary/aromatic N) is 2. The largest absolute Gasteiger partial charge is 0.383 e. The molecule has 2 N–H and O–H groups in total. The highest BCUT2D eigenvalue weighted by Gasteiger charge is 2.13. The minimum absolute atomic E-state index is 0.389. The van der Waals surface area contributed by atoms with Crippen LogP contribution in [-0.2, 0) is 4.74 Å². The van der Waals surface area contributed by atoms with Crippen molar-refractivity contribution in [3.8, 4) is 0 Å². The van der Waals surface area contributed by atoms with E-state index in [2.05, 4.69) is 55.3 Å². The molecule has 22 heavy (non-hydrogen) atoms. The second kappa shape index (κ2) is 11.7. The lowest BCUT2D eigenvalue weighted by Gasteiger charge is -2.23. The van der Waals surface area contributed by atoms with Gasteiger partial charge in [-0.3, -0.25) is 4.99 Å². The molecule has 0 bridgehead atoms. The van der Waals surface area contributed by atoms with Gasteiger partial charge < -0.3 is 20.3 Å². The van der Waals surface area contributed by atoms with E-state index < -0.39 is 0 Å². The van der Waals surface area contributed by atoms with Crippen LogP contribution in [0.4, 0.5) is 0 Å². The van der Waals surface area contributed by atoms with E-state index in [0.29, 0.717) is 11.5 Å². The molecule has 5 heteroatoms. The molecule has 0 aromatic carbocycles. The number of likely N-dealkylation sites (N-methyl/N-ethyl adjacent to an activating group) is 1. The number of hydrogen-bond donors (Lipinski definition) is 2. The molecule has 132 valence electrons. The van der Waals surface area contributed by atoms with Gasteiger partial charge in [0, 0.05) is 33.3 Å². The van der Waals surface area contributed by atoms with Crippen LogP contribution in [0.2, 0.25) is 0 Å². The molecule has 1 unspecified atom stereocenters. The standard InChI is InChI=1S/C17H38N4O/c1-15(9-10-17(2,3)4)20-16(18-5)19-11-8-12-21(6)13-14-22-7/h15H,8-14H2,1-7H3,(H2,18,19,20). The molecule has 0 aliphatic heterocycles. The van der Waals surface area contributed by atoms with Crippen LogP contribution >= 0.6 is 0 Å². The van der Waals surface area contributed by atoms with Gasteiger partial charge in [0.05, 0.1) is 6.61 Å². The molecule has 0 fully saturated rings. The summed E-state index contributed by atoms with van der Waals surface area (Å²) in [6.45, 7) is 12.8. The average molecular weight is 315 g/mol. The molecule has 0 aliphatic carbocycles. The van der Waals surface area contributed by atoms with Crippen molar-refractivity contribution in [2.45, 2.75) is 53.0 Å². The first kappa shape index (κ1) is 21.2. The summed E-state index contributed by atoms with van der Waals surface area (Å²) in [5.74, 6) is 0.904. The molecule has 0 radical (unpaired) electrons. The number of ether oxygens (including phenoxy) is 1. The van der Waals surface area contributed by atoms with Gasteiger partial charge in [0.1, 0.15) is 0 Å². The van der Waals surface area contributed by atoms with Gasteiger partial charge >= 0.3 is 0 Å². The quantitative estimate of drug-likeness (QED) is 0.369. The summed E-state index contributed by atoms with van der Waals surface area (Å²) >= 11 is 0. The third kappa shape index (κ3) is 12.9. The van der Waals surface area contributed by atoms with E-state index in [9.17, 15) is 0 Å². The molecular weight excluding hydrogens is 276 g/mol. The number of hydrogen-bond acceptors (Lipinski definition) is 3. The van der Waals surface area contributed by atoms with E-state index in [0.717, 1.165) is 45.0 Å². The summed E-state index contributed by atoms with van der Waals surface area (Å²) in [4.78, 5) is 6.58. The van der Waals surface area contributed by atoms with Gasteiger partial charge in [-0.2, -0.15) is 0 Å². The van der Waals surface area contributed by atoms with Gasteiger partial charge in [0.25, 0.3) is 0 Å². The predicted molar refractivity (Wildman–Crippen MR) is 96.6 cm³/mol. The van der Waals surface area contributed by atoms with Crippen LogP contribution in [0.1, 0.15) is 47.0 Å². The summed E-state index contributed by atoms with van der Waals surface area (Å²) in [5, 5.41) is 6.86. The van der Waals surface area contributed by atoms with Crippen LogP contribution in [0.15, 0.2) is 4.99 Å². The van der Waals surface area contributed by atoms with Crippen molar-refractivity contribution in [3.63, 3.8) is 0 Å². The zero-order chi connectivity index (χ0) is 17.0. The van der Waals surface area contributed by atoms with Crippen LogP contribution < -0.4 is 10.6 Å². The SMILES string of the molecule is CN=C(NCCCN(C)CCOC)NC(C)CCC(C)(C)C. The van der Waals surface area contributed by atoms with Crippen molar-refractivity contribution in [2.75, 3.05) is 47.4 Å². The number of aliphatic imine (C=N–C) groups is 1. The summed E-state index contributed by atoms with van der Waals surface area (Å²) in [5.41, 5.74) is 0.389. The molecule has 5 nitrogen and oxygen atoms in total. The zero-order valence-corrected chi connectivity index (χ0v) is 15.8. The molecule has 0 aliphatic rings. The van der Waals surface area contributed by atoms with Crippen LogP contribution in [0.5, 0.6) is 0 Å². The normalized spacial score (nSPS) is 14.3. The highest BCUT2D eigenvalue weighted by atomic mass is 16.5. The Morgan fingerprint density at radius 2 is 1.95 bits per heavy atom. The highest BCUT2D eigenvalue weighted by Crippen LogP contribution is 2.21. The Balaban J connectivity index is 3.84. The summed E-state index contributed by atoms with van der Waals surface area (Å²) in [6, 6.07) is 0.440. The van der Waals surface area contributed by atoms with Crippen molar-refractivity contribution in [1.29, 1.82) is 0 Å². The molecule has 0 saturated heterocycles. The lowest BCUT2D eigenvalue weighted by atomic mass is 9.89. The first-order valence-corrected chi connectivity index (χ1v) is 8.43. The molecule has 0 rings (SSSR count). The molecule has 0 aromatic heterocycles. The minimum atomic E-state index is 0.389. The lowest BCUT2D eigenvalue weighted by Crippen LogP contribution is -2.43. The minimum Gasteiger partial charge on any atom is -0.383 e. The maximum absolute atomic E-state index is 5.08. The third-order valence-electron chi connectivity index (χ3n) is 3.62. The molecule has 1 atom stereocenters. The van der Waals surface area contributed by atoms with E-state index in [1.165, 1.54) is 6.42 Å². The van der Waals surface area contributed by atoms with Gasteiger partial charge in [-0.15, -0.1) is 0 Å². The lowest BCUT2D eigenvalue weighted by molar-refractivity contribution is 0.161. The fourth-order valence-electron chi connectivity index (χ4n) is 2.06. The average Bonchev–Trinajstić information content (AvgIpc) is 2.45. The fraction of sp³-hybridized carbons (Fsp3) is 0.941. The van der Waals surface area contributed by atoms with Crippen molar-refractivity contribution in [3.05, 3.63) is 0 Å². The van der Waals surface area contributed by atoms with E-state index in [-0.39, 0.29) is 0 Å².